The summed E-state index contributed by atoms with van der Waals surface area (Å²) in [5.41, 5.74) is 7.27. The zero-order valence-corrected chi connectivity index (χ0v) is 12.6. The zero-order chi connectivity index (χ0) is 15.1. The summed E-state index contributed by atoms with van der Waals surface area (Å²) in [5, 5.41) is 12.0. The minimum Gasteiger partial charge on any atom is -0.409 e. The number of methoxy groups -OCH3 is 1. The molecule has 0 aliphatic carbocycles. The highest BCUT2D eigenvalue weighted by atomic mass is 16.5. The van der Waals surface area contributed by atoms with Gasteiger partial charge in [0.15, 0.2) is 5.84 Å². The van der Waals surface area contributed by atoms with Crippen LogP contribution in [0.5, 0.6) is 0 Å². The predicted molar refractivity (Wildman–Crippen MR) is 80.4 cm³/mol. The molecule has 112 valence electrons. The van der Waals surface area contributed by atoms with Crippen molar-refractivity contribution < 1.29 is 9.94 Å². The van der Waals surface area contributed by atoms with Crippen LogP contribution in [-0.2, 0) is 4.74 Å². The number of nitrogens with zero attached hydrogens (tertiary/aromatic N) is 3. The lowest BCUT2D eigenvalue weighted by Crippen LogP contribution is -2.34. The van der Waals surface area contributed by atoms with E-state index in [1.807, 2.05) is 19.1 Å². The van der Waals surface area contributed by atoms with Gasteiger partial charge in [0.2, 0.25) is 0 Å². The van der Waals surface area contributed by atoms with E-state index >= 15 is 0 Å². The van der Waals surface area contributed by atoms with E-state index in [1.165, 1.54) is 0 Å². The molecule has 3 N–H and O–H groups in total. The fourth-order valence-corrected chi connectivity index (χ4v) is 1.96. The van der Waals surface area contributed by atoms with E-state index in [9.17, 15) is 0 Å². The van der Waals surface area contributed by atoms with Crippen molar-refractivity contribution >= 4 is 11.7 Å². The average molecular weight is 280 g/mol. The summed E-state index contributed by atoms with van der Waals surface area (Å²) in [6, 6.07) is 3.67. The van der Waals surface area contributed by atoms with Crippen molar-refractivity contribution in [3.63, 3.8) is 0 Å². The molecular weight excluding hydrogens is 256 g/mol. The number of nitrogens with two attached hydrogens (primary N) is 1. The number of amidine groups is 1. The molecule has 0 fully saturated rings. The second-order valence-electron chi connectivity index (χ2n) is 5.14. The number of ether oxygens (including phenoxy) is 1. The van der Waals surface area contributed by atoms with E-state index in [0.717, 1.165) is 18.1 Å². The maximum atomic E-state index is 8.91. The van der Waals surface area contributed by atoms with Gasteiger partial charge in [-0.25, -0.2) is 4.98 Å². The lowest BCUT2D eigenvalue weighted by Gasteiger charge is -2.27. The van der Waals surface area contributed by atoms with Crippen LogP contribution in [0.1, 0.15) is 25.1 Å². The summed E-state index contributed by atoms with van der Waals surface area (Å²) in [4.78, 5) is 6.65. The number of hydrogen-bond donors (Lipinski definition) is 2. The van der Waals surface area contributed by atoms with E-state index < -0.39 is 0 Å². The third-order valence-electron chi connectivity index (χ3n) is 2.85. The molecule has 1 aromatic heterocycles. The molecule has 0 unspecified atom stereocenters. The lowest BCUT2D eigenvalue weighted by atomic mass is 10.1. The Morgan fingerprint density at radius 2 is 2.20 bits per heavy atom. The van der Waals surface area contributed by atoms with Gasteiger partial charge < -0.3 is 20.6 Å². The van der Waals surface area contributed by atoms with Crippen LogP contribution in [0, 0.1) is 12.8 Å². The van der Waals surface area contributed by atoms with Gasteiger partial charge in [-0.05, 0) is 25.0 Å². The van der Waals surface area contributed by atoms with Gasteiger partial charge in [0, 0.05) is 25.9 Å². The third-order valence-corrected chi connectivity index (χ3v) is 2.85. The van der Waals surface area contributed by atoms with Gasteiger partial charge in [0.25, 0.3) is 0 Å². The molecule has 0 bridgehead atoms. The van der Waals surface area contributed by atoms with Crippen LogP contribution in [0.15, 0.2) is 17.3 Å². The van der Waals surface area contributed by atoms with E-state index in [4.69, 9.17) is 15.7 Å². The Kier molecular flexibility index (Phi) is 6.24. The largest absolute Gasteiger partial charge is 0.409 e. The highest BCUT2D eigenvalue weighted by Crippen LogP contribution is 2.19. The molecule has 1 rings (SSSR count). The van der Waals surface area contributed by atoms with Gasteiger partial charge in [-0.2, -0.15) is 0 Å². The summed E-state index contributed by atoms with van der Waals surface area (Å²) in [6.45, 7) is 8.32. The second-order valence-corrected chi connectivity index (χ2v) is 5.14. The fourth-order valence-electron chi connectivity index (χ4n) is 1.96. The Labute approximate surface area is 120 Å². The van der Waals surface area contributed by atoms with Gasteiger partial charge >= 0.3 is 0 Å². The molecule has 0 saturated carbocycles. The second kappa shape index (κ2) is 7.69. The Hall–Kier alpha value is -1.82. The average Bonchev–Trinajstić information content (AvgIpc) is 2.42. The summed E-state index contributed by atoms with van der Waals surface area (Å²) in [5.74, 6) is 1.26. The molecule has 0 aromatic carbocycles. The zero-order valence-electron chi connectivity index (χ0n) is 12.6. The topological polar surface area (TPSA) is 84.0 Å². The van der Waals surface area contributed by atoms with Gasteiger partial charge in [-0.3, -0.25) is 0 Å². The fraction of sp³-hybridized carbons (Fsp3) is 0.571. The molecule has 0 amide bonds. The van der Waals surface area contributed by atoms with Crippen LogP contribution in [0.25, 0.3) is 0 Å². The molecule has 1 aromatic rings. The Morgan fingerprint density at radius 3 is 2.75 bits per heavy atom. The predicted octanol–water partition coefficient (Wildman–Crippen LogP) is 1.59. The Balaban J connectivity index is 3.18. The van der Waals surface area contributed by atoms with Crippen LogP contribution in [0.3, 0.4) is 0 Å². The molecular formula is C14H24N4O2. The van der Waals surface area contributed by atoms with E-state index in [1.54, 1.807) is 7.11 Å². The highest BCUT2D eigenvalue weighted by molar-refractivity contribution is 6.01. The summed E-state index contributed by atoms with van der Waals surface area (Å²) in [6.07, 6.45) is 0. The van der Waals surface area contributed by atoms with Crippen molar-refractivity contribution in [3.05, 3.63) is 23.4 Å². The van der Waals surface area contributed by atoms with E-state index in [2.05, 4.69) is 28.9 Å². The monoisotopic (exact) mass is 280 g/mol. The van der Waals surface area contributed by atoms with Crippen LogP contribution in [-0.4, -0.2) is 42.8 Å². The van der Waals surface area contributed by atoms with Crippen LogP contribution >= 0.6 is 0 Å². The summed E-state index contributed by atoms with van der Waals surface area (Å²) >= 11 is 0. The van der Waals surface area contributed by atoms with Crippen LogP contribution in [0.4, 0.5) is 5.82 Å². The number of hydrogen-bond acceptors (Lipinski definition) is 5. The molecule has 6 heteroatoms. The molecule has 20 heavy (non-hydrogen) atoms. The molecule has 0 radical (unpaired) electrons. The highest BCUT2D eigenvalue weighted by Gasteiger charge is 2.17. The molecule has 0 atom stereocenters. The van der Waals surface area contributed by atoms with Crippen molar-refractivity contribution in [1.82, 2.24) is 4.98 Å². The Morgan fingerprint density at radius 1 is 1.50 bits per heavy atom. The minimum absolute atomic E-state index is 0.0682. The first kappa shape index (κ1) is 16.2. The standard InChI is InChI=1S/C14H24N4O2/c1-10(2)9-18(7-8-20-4)14-12(13(15)17-19)6-5-11(3)16-14/h5-6,10,19H,7-9H2,1-4H3,(H2,15,17). The minimum atomic E-state index is 0.0682. The SMILES string of the molecule is COCCN(CC(C)C)c1nc(C)ccc1C(N)=NO. The number of aryl methyl sites for hydroxylation is 1. The van der Waals surface area contributed by atoms with Crippen LogP contribution in [0.2, 0.25) is 0 Å². The molecule has 0 aliphatic rings. The normalized spacial score (nSPS) is 11.9. The van der Waals surface area contributed by atoms with E-state index in [0.29, 0.717) is 24.6 Å². The number of anilines is 1. The van der Waals surface area contributed by atoms with Crippen molar-refractivity contribution in [3.8, 4) is 0 Å². The first-order chi connectivity index (χ1) is 9.49. The maximum Gasteiger partial charge on any atom is 0.173 e. The van der Waals surface area contributed by atoms with Gasteiger partial charge in [-0.1, -0.05) is 19.0 Å². The van der Waals surface area contributed by atoms with E-state index in [-0.39, 0.29) is 5.84 Å². The first-order valence-electron chi connectivity index (χ1n) is 6.69. The maximum absolute atomic E-state index is 8.91. The van der Waals surface area contributed by atoms with Crippen molar-refractivity contribution in [2.24, 2.45) is 16.8 Å². The third kappa shape index (κ3) is 4.38. The van der Waals surface area contributed by atoms with Gasteiger partial charge in [0.1, 0.15) is 5.82 Å². The number of oxime groups is 1. The number of aromatic nitrogens is 1. The van der Waals surface area contributed by atoms with Crippen LogP contribution < -0.4 is 10.6 Å². The quantitative estimate of drug-likeness (QED) is 0.343. The molecule has 0 spiro atoms. The summed E-state index contributed by atoms with van der Waals surface area (Å²) < 4.78 is 5.15. The molecule has 6 nitrogen and oxygen atoms in total. The van der Waals surface area contributed by atoms with Gasteiger partial charge in [0.05, 0.1) is 12.2 Å². The lowest BCUT2D eigenvalue weighted by molar-refractivity contribution is 0.204. The molecule has 0 saturated heterocycles. The van der Waals surface area contributed by atoms with Crippen molar-refractivity contribution in [2.45, 2.75) is 20.8 Å². The number of pyridine rings is 1. The summed E-state index contributed by atoms with van der Waals surface area (Å²) in [7, 11) is 1.67. The van der Waals surface area contributed by atoms with Gasteiger partial charge in [-0.15, -0.1) is 0 Å². The number of rotatable bonds is 7. The first-order valence-corrected chi connectivity index (χ1v) is 6.69. The Bertz CT molecular complexity index is 460. The smallest absolute Gasteiger partial charge is 0.173 e. The molecule has 0 aliphatic heterocycles. The molecule has 1 heterocycles. The van der Waals surface area contributed by atoms with Crippen molar-refractivity contribution in [2.75, 3.05) is 31.7 Å². The van der Waals surface area contributed by atoms with Crippen molar-refractivity contribution in [1.29, 1.82) is 0 Å².